The van der Waals surface area contributed by atoms with E-state index < -0.39 is 0 Å². The molecular formula is C13H18N4S. The van der Waals surface area contributed by atoms with Crippen LogP contribution in [0.2, 0.25) is 0 Å². The van der Waals surface area contributed by atoms with Gasteiger partial charge in [-0.2, -0.15) is 0 Å². The highest BCUT2D eigenvalue weighted by Crippen LogP contribution is 2.22. The minimum absolute atomic E-state index is 0.235. The first-order chi connectivity index (χ1) is 8.56. The number of para-hydroxylation sites is 1. The van der Waals surface area contributed by atoms with Crippen LogP contribution in [0, 0.1) is 5.41 Å². The first-order valence-corrected chi connectivity index (χ1v) is 6.75. The van der Waals surface area contributed by atoms with Crippen molar-refractivity contribution in [1.82, 2.24) is 9.88 Å². The summed E-state index contributed by atoms with van der Waals surface area (Å²) in [7, 11) is 2.04. The zero-order valence-corrected chi connectivity index (χ0v) is 11.5. The van der Waals surface area contributed by atoms with Crippen molar-refractivity contribution in [2.75, 3.05) is 7.05 Å². The number of rotatable bonds is 5. The van der Waals surface area contributed by atoms with Crippen molar-refractivity contribution in [3.05, 3.63) is 29.3 Å². The van der Waals surface area contributed by atoms with Crippen molar-refractivity contribution in [2.24, 2.45) is 5.73 Å². The Hall–Kier alpha value is -1.46. The second-order valence-corrected chi connectivity index (χ2v) is 5.68. The highest BCUT2D eigenvalue weighted by molar-refractivity contribution is 7.18. The van der Waals surface area contributed by atoms with Crippen molar-refractivity contribution < 1.29 is 0 Å². The number of amidine groups is 1. The van der Waals surface area contributed by atoms with Crippen LogP contribution < -0.4 is 5.73 Å². The number of nitrogens with one attached hydrogen (secondary N) is 1. The topological polar surface area (TPSA) is 66.0 Å². The maximum atomic E-state index is 7.32. The Bertz CT molecular complexity index is 516. The molecule has 2 aromatic rings. The monoisotopic (exact) mass is 262 g/mol. The Kier molecular flexibility index (Phi) is 3.93. The molecule has 1 atom stereocenters. The molecule has 0 radical (unpaired) electrons. The van der Waals surface area contributed by atoms with Crippen LogP contribution in [-0.2, 0) is 6.54 Å². The normalized spacial score (nSPS) is 13.1. The van der Waals surface area contributed by atoms with Crippen LogP contribution in [-0.4, -0.2) is 28.8 Å². The molecule has 0 spiro atoms. The van der Waals surface area contributed by atoms with Gasteiger partial charge in [-0.15, -0.1) is 11.3 Å². The smallest absolute Gasteiger partial charge is 0.108 e. The predicted molar refractivity (Wildman–Crippen MR) is 77.1 cm³/mol. The molecule has 0 saturated carbocycles. The molecule has 1 heterocycles. The van der Waals surface area contributed by atoms with Gasteiger partial charge in [-0.3, -0.25) is 10.3 Å². The van der Waals surface area contributed by atoms with Crippen molar-refractivity contribution in [3.63, 3.8) is 0 Å². The summed E-state index contributed by atoms with van der Waals surface area (Å²) in [5.74, 6) is 0.235. The first kappa shape index (κ1) is 13.0. The molecule has 0 amide bonds. The van der Waals surface area contributed by atoms with E-state index in [1.54, 1.807) is 11.3 Å². The van der Waals surface area contributed by atoms with E-state index in [2.05, 4.69) is 22.9 Å². The Morgan fingerprint density at radius 3 is 2.89 bits per heavy atom. The highest BCUT2D eigenvalue weighted by atomic mass is 32.1. The molecule has 0 aliphatic carbocycles. The zero-order valence-electron chi connectivity index (χ0n) is 10.7. The Labute approximate surface area is 111 Å². The number of aromatic nitrogens is 1. The van der Waals surface area contributed by atoms with E-state index in [1.807, 2.05) is 25.2 Å². The van der Waals surface area contributed by atoms with E-state index in [0.29, 0.717) is 6.42 Å². The summed E-state index contributed by atoms with van der Waals surface area (Å²) in [4.78, 5) is 6.79. The molecule has 1 aromatic heterocycles. The van der Waals surface area contributed by atoms with Gasteiger partial charge in [0.1, 0.15) is 5.01 Å². The van der Waals surface area contributed by atoms with Gasteiger partial charge >= 0.3 is 0 Å². The second-order valence-electron chi connectivity index (χ2n) is 4.57. The minimum atomic E-state index is 0.235. The van der Waals surface area contributed by atoms with Gasteiger partial charge in [-0.1, -0.05) is 12.1 Å². The first-order valence-electron chi connectivity index (χ1n) is 5.94. The number of thiazole rings is 1. The van der Waals surface area contributed by atoms with Crippen LogP contribution in [0.4, 0.5) is 0 Å². The third-order valence-corrected chi connectivity index (χ3v) is 4.01. The molecule has 18 heavy (non-hydrogen) atoms. The molecule has 5 heteroatoms. The van der Waals surface area contributed by atoms with Gasteiger partial charge in [-0.05, 0) is 26.1 Å². The molecule has 2 rings (SSSR count). The van der Waals surface area contributed by atoms with Crippen LogP contribution in [0.25, 0.3) is 10.2 Å². The van der Waals surface area contributed by atoms with Crippen LogP contribution >= 0.6 is 11.3 Å². The number of nitrogens with zero attached hydrogens (tertiary/aromatic N) is 2. The van der Waals surface area contributed by atoms with Gasteiger partial charge in [0.05, 0.1) is 22.6 Å². The summed E-state index contributed by atoms with van der Waals surface area (Å²) in [5, 5.41) is 8.43. The summed E-state index contributed by atoms with van der Waals surface area (Å²) in [6, 6.07) is 8.43. The van der Waals surface area contributed by atoms with E-state index in [-0.39, 0.29) is 11.9 Å². The number of benzene rings is 1. The maximum Gasteiger partial charge on any atom is 0.108 e. The van der Waals surface area contributed by atoms with Crippen LogP contribution in [0.1, 0.15) is 18.4 Å². The fourth-order valence-electron chi connectivity index (χ4n) is 1.83. The lowest BCUT2D eigenvalue weighted by molar-refractivity contribution is 0.254. The molecule has 96 valence electrons. The van der Waals surface area contributed by atoms with Crippen LogP contribution in [0.3, 0.4) is 0 Å². The zero-order chi connectivity index (χ0) is 13.1. The van der Waals surface area contributed by atoms with Crippen molar-refractivity contribution in [2.45, 2.75) is 25.9 Å². The largest absolute Gasteiger partial charge is 0.388 e. The summed E-state index contributed by atoms with van der Waals surface area (Å²) in [5.41, 5.74) is 6.49. The van der Waals surface area contributed by atoms with E-state index in [1.165, 1.54) is 4.70 Å². The number of nitrogens with two attached hydrogens (primary N) is 1. The van der Waals surface area contributed by atoms with Crippen molar-refractivity contribution >= 4 is 27.4 Å². The summed E-state index contributed by atoms with van der Waals surface area (Å²) < 4.78 is 1.22. The lowest BCUT2D eigenvalue weighted by Gasteiger charge is -2.22. The lowest BCUT2D eigenvalue weighted by atomic mass is 10.2. The summed E-state index contributed by atoms with van der Waals surface area (Å²) in [6.45, 7) is 2.88. The Morgan fingerprint density at radius 2 is 2.22 bits per heavy atom. The van der Waals surface area contributed by atoms with Crippen LogP contribution in [0.5, 0.6) is 0 Å². The predicted octanol–water partition coefficient (Wildman–Crippen LogP) is 2.44. The van der Waals surface area contributed by atoms with Gasteiger partial charge in [-0.25, -0.2) is 4.98 Å². The number of fused-ring (bicyclic) bond motifs is 1. The average molecular weight is 262 g/mol. The second kappa shape index (κ2) is 5.46. The molecule has 0 fully saturated rings. The van der Waals surface area contributed by atoms with E-state index in [4.69, 9.17) is 11.1 Å². The van der Waals surface area contributed by atoms with Gasteiger partial charge in [0, 0.05) is 12.5 Å². The molecule has 0 aliphatic rings. The standard InChI is InChI=1S/C13H18N4S/c1-9(7-12(14)15)17(2)8-13-16-10-5-3-4-6-11(10)18-13/h3-6,9H,7-8H2,1-2H3,(H3,14,15). The van der Waals surface area contributed by atoms with Gasteiger partial charge in [0.2, 0.25) is 0 Å². The SMILES string of the molecule is CC(CC(=N)N)N(C)Cc1nc2ccccc2s1. The van der Waals surface area contributed by atoms with Gasteiger partial charge in [0.25, 0.3) is 0 Å². The molecule has 0 bridgehead atoms. The van der Waals surface area contributed by atoms with Gasteiger partial charge in [0.15, 0.2) is 0 Å². The fourth-order valence-corrected chi connectivity index (χ4v) is 2.86. The van der Waals surface area contributed by atoms with Crippen molar-refractivity contribution in [1.29, 1.82) is 5.41 Å². The average Bonchev–Trinajstić information content (AvgIpc) is 2.69. The van der Waals surface area contributed by atoms with Crippen LogP contribution in [0.15, 0.2) is 24.3 Å². The molecular weight excluding hydrogens is 244 g/mol. The third kappa shape index (κ3) is 3.05. The molecule has 0 aliphatic heterocycles. The lowest BCUT2D eigenvalue weighted by Crippen LogP contribution is -2.32. The minimum Gasteiger partial charge on any atom is -0.388 e. The quantitative estimate of drug-likeness (QED) is 0.642. The van der Waals surface area contributed by atoms with E-state index in [9.17, 15) is 0 Å². The molecule has 3 N–H and O–H groups in total. The maximum absolute atomic E-state index is 7.32. The Morgan fingerprint density at radius 1 is 1.50 bits per heavy atom. The molecule has 1 aromatic carbocycles. The highest BCUT2D eigenvalue weighted by Gasteiger charge is 2.13. The fraction of sp³-hybridized carbons (Fsp3) is 0.385. The molecule has 4 nitrogen and oxygen atoms in total. The summed E-state index contributed by atoms with van der Waals surface area (Å²) >= 11 is 1.72. The van der Waals surface area contributed by atoms with E-state index >= 15 is 0 Å². The Balaban J connectivity index is 2.06. The van der Waals surface area contributed by atoms with E-state index in [0.717, 1.165) is 17.1 Å². The van der Waals surface area contributed by atoms with Crippen molar-refractivity contribution in [3.8, 4) is 0 Å². The summed E-state index contributed by atoms with van der Waals surface area (Å²) in [6.07, 6.45) is 0.599. The number of hydrogen-bond donors (Lipinski definition) is 2. The molecule has 1 unspecified atom stereocenters. The molecule has 0 saturated heterocycles. The number of hydrogen-bond acceptors (Lipinski definition) is 4. The third-order valence-electron chi connectivity index (χ3n) is 2.99. The van der Waals surface area contributed by atoms with Gasteiger partial charge < -0.3 is 5.73 Å².